The van der Waals surface area contributed by atoms with Crippen LogP contribution in [0.15, 0.2) is 39.8 Å². The van der Waals surface area contributed by atoms with Crippen LogP contribution in [0.5, 0.6) is 0 Å². The molecule has 0 aliphatic heterocycles. The molecule has 2 rings (SSSR count). The van der Waals surface area contributed by atoms with Crippen LogP contribution >= 0.6 is 15.9 Å². The third-order valence-electron chi connectivity index (χ3n) is 2.54. The Hall–Kier alpha value is -2.31. The van der Waals surface area contributed by atoms with Crippen molar-refractivity contribution in [3.63, 3.8) is 0 Å². The van der Waals surface area contributed by atoms with Crippen LogP contribution in [0.3, 0.4) is 0 Å². The molecule has 3 N–H and O–H groups in total. The number of anilines is 1. The summed E-state index contributed by atoms with van der Waals surface area (Å²) in [5, 5.41) is 17.7. The molecule has 0 saturated carbocycles. The SMILES string of the molecule is N#Cc1ccc(Br)cc1NS(=O)(=O)c1c[nH]c(C(=O)O)c1. The van der Waals surface area contributed by atoms with Gasteiger partial charge in [0.2, 0.25) is 0 Å². The summed E-state index contributed by atoms with van der Waals surface area (Å²) in [5.74, 6) is -1.27. The quantitative estimate of drug-likeness (QED) is 0.761. The lowest BCUT2D eigenvalue weighted by molar-refractivity contribution is 0.0691. The topological polar surface area (TPSA) is 123 Å². The van der Waals surface area contributed by atoms with Gasteiger partial charge in [0, 0.05) is 10.7 Å². The van der Waals surface area contributed by atoms with Gasteiger partial charge in [-0.15, -0.1) is 0 Å². The van der Waals surface area contributed by atoms with Crippen molar-refractivity contribution in [1.82, 2.24) is 4.98 Å². The molecule has 7 nitrogen and oxygen atoms in total. The van der Waals surface area contributed by atoms with E-state index in [1.807, 2.05) is 6.07 Å². The van der Waals surface area contributed by atoms with Crippen molar-refractivity contribution in [2.75, 3.05) is 4.72 Å². The van der Waals surface area contributed by atoms with Gasteiger partial charge < -0.3 is 10.1 Å². The number of nitrogens with one attached hydrogen (secondary N) is 2. The molecule has 0 unspecified atom stereocenters. The van der Waals surface area contributed by atoms with Crippen molar-refractivity contribution < 1.29 is 18.3 Å². The monoisotopic (exact) mass is 369 g/mol. The number of aromatic carboxylic acids is 1. The summed E-state index contributed by atoms with van der Waals surface area (Å²) in [7, 11) is -3.99. The fourth-order valence-electron chi connectivity index (χ4n) is 1.56. The summed E-state index contributed by atoms with van der Waals surface area (Å²) < 4.78 is 27.2. The number of hydrogen-bond donors (Lipinski definition) is 3. The maximum atomic E-state index is 12.2. The number of aromatic amines is 1. The van der Waals surface area contributed by atoms with Crippen molar-refractivity contribution in [2.24, 2.45) is 0 Å². The molecular formula is C12H8BrN3O4S. The molecule has 0 amide bonds. The number of hydrogen-bond acceptors (Lipinski definition) is 4. The molecule has 0 saturated heterocycles. The number of aromatic nitrogens is 1. The van der Waals surface area contributed by atoms with Crippen molar-refractivity contribution in [1.29, 1.82) is 5.26 Å². The number of halogens is 1. The Labute approximate surface area is 128 Å². The van der Waals surface area contributed by atoms with Crippen LogP contribution in [0.2, 0.25) is 0 Å². The first-order valence-electron chi connectivity index (χ1n) is 5.47. The molecule has 9 heteroatoms. The Morgan fingerprint density at radius 3 is 2.67 bits per heavy atom. The number of carbonyl (C=O) groups is 1. The molecular weight excluding hydrogens is 362 g/mol. The second-order valence-electron chi connectivity index (χ2n) is 3.96. The van der Waals surface area contributed by atoms with Gasteiger partial charge in [0.1, 0.15) is 16.7 Å². The van der Waals surface area contributed by atoms with E-state index in [4.69, 9.17) is 10.4 Å². The van der Waals surface area contributed by atoms with E-state index in [0.29, 0.717) is 4.47 Å². The van der Waals surface area contributed by atoms with Crippen LogP contribution in [0.25, 0.3) is 0 Å². The maximum Gasteiger partial charge on any atom is 0.352 e. The molecule has 0 fully saturated rings. The number of carboxylic acid groups (broad SMARTS) is 1. The van der Waals surface area contributed by atoms with Gasteiger partial charge in [0.05, 0.1) is 11.3 Å². The van der Waals surface area contributed by atoms with Gasteiger partial charge >= 0.3 is 5.97 Å². The lowest BCUT2D eigenvalue weighted by Gasteiger charge is -2.08. The van der Waals surface area contributed by atoms with E-state index < -0.39 is 16.0 Å². The minimum Gasteiger partial charge on any atom is -0.477 e. The highest BCUT2D eigenvalue weighted by Gasteiger charge is 2.19. The molecule has 0 aliphatic rings. The minimum atomic E-state index is -3.99. The fourth-order valence-corrected chi connectivity index (χ4v) is 2.98. The summed E-state index contributed by atoms with van der Waals surface area (Å²) in [4.78, 5) is 12.9. The predicted molar refractivity (Wildman–Crippen MR) is 77.4 cm³/mol. The van der Waals surface area contributed by atoms with E-state index in [0.717, 1.165) is 12.3 Å². The number of benzene rings is 1. The van der Waals surface area contributed by atoms with Gasteiger partial charge in [-0.3, -0.25) is 4.72 Å². The number of rotatable bonds is 4. The zero-order valence-electron chi connectivity index (χ0n) is 10.3. The van der Waals surface area contributed by atoms with Gasteiger partial charge in [-0.05, 0) is 24.3 Å². The summed E-state index contributed by atoms with van der Waals surface area (Å²) in [6, 6.07) is 7.38. The molecule has 0 radical (unpaired) electrons. The Kier molecular flexibility index (Phi) is 4.02. The fraction of sp³-hybridized carbons (Fsp3) is 0. The zero-order chi connectivity index (χ0) is 15.6. The largest absolute Gasteiger partial charge is 0.477 e. The maximum absolute atomic E-state index is 12.2. The van der Waals surface area contributed by atoms with Gasteiger partial charge in [-0.25, -0.2) is 13.2 Å². The summed E-state index contributed by atoms with van der Waals surface area (Å²) in [5.41, 5.74) is 0.00541. The van der Waals surface area contributed by atoms with E-state index in [2.05, 4.69) is 25.6 Å². The lowest BCUT2D eigenvalue weighted by Crippen LogP contribution is -2.13. The number of H-pyrrole nitrogens is 1. The van der Waals surface area contributed by atoms with Gasteiger partial charge in [-0.2, -0.15) is 5.26 Å². The predicted octanol–water partition coefficient (Wildman–Crippen LogP) is 2.15. The Morgan fingerprint density at radius 2 is 2.10 bits per heavy atom. The summed E-state index contributed by atoms with van der Waals surface area (Å²) >= 11 is 3.18. The third-order valence-corrected chi connectivity index (χ3v) is 4.38. The van der Waals surface area contributed by atoms with E-state index >= 15 is 0 Å². The van der Waals surface area contributed by atoms with Crippen molar-refractivity contribution in [3.05, 3.63) is 46.2 Å². The second-order valence-corrected chi connectivity index (χ2v) is 6.56. The van der Waals surface area contributed by atoms with Crippen LogP contribution in [-0.2, 0) is 10.0 Å². The van der Waals surface area contributed by atoms with Crippen molar-refractivity contribution >= 4 is 37.6 Å². The third kappa shape index (κ3) is 3.24. The van der Waals surface area contributed by atoms with E-state index in [9.17, 15) is 13.2 Å². The highest BCUT2D eigenvalue weighted by molar-refractivity contribution is 9.10. The highest BCUT2D eigenvalue weighted by atomic mass is 79.9. The Balaban J connectivity index is 2.40. The molecule has 0 spiro atoms. The van der Waals surface area contributed by atoms with E-state index in [1.54, 1.807) is 6.07 Å². The first kappa shape index (κ1) is 15.1. The molecule has 0 atom stereocenters. The van der Waals surface area contributed by atoms with Crippen LogP contribution in [0.4, 0.5) is 5.69 Å². The molecule has 0 aliphatic carbocycles. The molecule has 21 heavy (non-hydrogen) atoms. The first-order valence-corrected chi connectivity index (χ1v) is 7.75. The number of sulfonamides is 1. The number of carboxylic acids is 1. The normalized spacial score (nSPS) is 10.9. The van der Waals surface area contributed by atoms with Crippen molar-refractivity contribution in [3.8, 4) is 6.07 Å². The smallest absolute Gasteiger partial charge is 0.352 e. The zero-order valence-corrected chi connectivity index (χ0v) is 12.7. The number of nitriles is 1. The van der Waals surface area contributed by atoms with Gasteiger partial charge in [0.15, 0.2) is 0 Å². The highest BCUT2D eigenvalue weighted by Crippen LogP contribution is 2.24. The van der Waals surface area contributed by atoms with E-state index in [1.165, 1.54) is 12.1 Å². The standard InChI is InChI=1S/C12H8BrN3O4S/c13-8-2-1-7(5-14)10(3-8)16-21(19,20)9-4-11(12(17)18)15-6-9/h1-4,6,15-16H,(H,17,18). The minimum absolute atomic E-state index is 0.102. The average Bonchev–Trinajstić information content (AvgIpc) is 2.89. The first-order chi connectivity index (χ1) is 9.83. The summed E-state index contributed by atoms with van der Waals surface area (Å²) in [6.07, 6.45) is 1.07. The lowest BCUT2D eigenvalue weighted by atomic mass is 10.2. The van der Waals surface area contributed by atoms with E-state index in [-0.39, 0.29) is 21.8 Å². The molecule has 0 bridgehead atoms. The van der Waals surface area contributed by atoms with Crippen LogP contribution < -0.4 is 4.72 Å². The average molecular weight is 370 g/mol. The molecule has 1 aromatic carbocycles. The van der Waals surface area contributed by atoms with Crippen LogP contribution in [0.1, 0.15) is 16.1 Å². The van der Waals surface area contributed by atoms with Crippen molar-refractivity contribution in [2.45, 2.75) is 4.90 Å². The Bertz CT molecular complexity index is 852. The number of nitrogens with zero attached hydrogens (tertiary/aromatic N) is 1. The molecule has 1 heterocycles. The Morgan fingerprint density at radius 1 is 1.38 bits per heavy atom. The van der Waals surface area contributed by atoms with Gasteiger partial charge in [-0.1, -0.05) is 15.9 Å². The van der Waals surface area contributed by atoms with Gasteiger partial charge in [0.25, 0.3) is 10.0 Å². The van der Waals surface area contributed by atoms with Crippen LogP contribution in [-0.4, -0.2) is 24.5 Å². The molecule has 108 valence electrons. The van der Waals surface area contributed by atoms with Crippen LogP contribution in [0, 0.1) is 11.3 Å². The molecule has 1 aromatic heterocycles. The summed E-state index contributed by atoms with van der Waals surface area (Å²) in [6.45, 7) is 0. The second kappa shape index (κ2) is 5.59. The molecule has 2 aromatic rings.